The van der Waals surface area contributed by atoms with Crippen molar-refractivity contribution >= 4 is 34.1 Å². The van der Waals surface area contributed by atoms with Crippen LogP contribution in [0.4, 0.5) is 34.1 Å². The van der Waals surface area contributed by atoms with Gasteiger partial charge in [0.25, 0.3) is 0 Å². The summed E-state index contributed by atoms with van der Waals surface area (Å²) in [5, 5.41) is 0. The zero-order valence-electron chi connectivity index (χ0n) is 34.2. The van der Waals surface area contributed by atoms with Gasteiger partial charge in [0.15, 0.2) is 5.60 Å². The molecule has 3 heteroatoms. The molecule has 1 unspecified atom stereocenters. The molecule has 1 aliphatic heterocycles. The number of para-hydroxylation sites is 4. The maximum Gasteiger partial charge on any atom is 0.185 e. The Bertz CT molecular complexity index is 2940. The van der Waals surface area contributed by atoms with Crippen LogP contribution in [0.2, 0.25) is 0 Å². The summed E-state index contributed by atoms with van der Waals surface area (Å²) in [5.41, 5.74) is 16.0. The van der Waals surface area contributed by atoms with Crippen molar-refractivity contribution < 1.29 is 4.74 Å². The van der Waals surface area contributed by atoms with Gasteiger partial charge in [-0.1, -0.05) is 159 Å². The van der Waals surface area contributed by atoms with E-state index in [4.69, 9.17) is 4.74 Å². The maximum atomic E-state index is 7.81. The Kier molecular flexibility index (Phi) is 8.72. The Morgan fingerprint density at radius 3 is 1.28 bits per heavy atom. The van der Waals surface area contributed by atoms with Crippen molar-refractivity contribution in [3.8, 4) is 28.0 Å². The minimum absolute atomic E-state index is 0.122. The fourth-order valence-electron chi connectivity index (χ4n) is 9.78. The summed E-state index contributed by atoms with van der Waals surface area (Å²) < 4.78 is 7.81. The van der Waals surface area contributed by atoms with E-state index in [9.17, 15) is 0 Å². The summed E-state index contributed by atoms with van der Waals surface area (Å²) in [7, 11) is 0. The number of rotatable bonds is 8. The summed E-state index contributed by atoms with van der Waals surface area (Å²) in [6, 6.07) is 82.7. The molecule has 1 heterocycles. The molecular formula is C58H44N2O. The first-order valence-electron chi connectivity index (χ1n) is 21.1. The van der Waals surface area contributed by atoms with E-state index in [0.29, 0.717) is 0 Å². The summed E-state index contributed by atoms with van der Waals surface area (Å²) in [6.45, 7) is 4.68. The van der Waals surface area contributed by atoms with Crippen LogP contribution in [0.1, 0.15) is 41.7 Å². The van der Waals surface area contributed by atoms with E-state index in [1.165, 1.54) is 22.3 Å². The largest absolute Gasteiger partial charge is 0.472 e. The molecule has 0 saturated heterocycles. The van der Waals surface area contributed by atoms with Crippen molar-refractivity contribution in [2.24, 2.45) is 0 Å². The highest BCUT2D eigenvalue weighted by Gasteiger charge is 2.46. The van der Waals surface area contributed by atoms with Gasteiger partial charge in [-0.2, -0.15) is 0 Å². The average molecular weight is 785 g/mol. The van der Waals surface area contributed by atoms with Gasteiger partial charge in [-0.25, -0.2) is 0 Å². The molecule has 1 aliphatic carbocycles. The fraction of sp³-hybridized carbons (Fsp3) is 0.0690. The molecule has 9 aromatic rings. The third-order valence-electron chi connectivity index (χ3n) is 12.7. The Balaban J connectivity index is 1.14. The van der Waals surface area contributed by atoms with Crippen LogP contribution >= 0.6 is 0 Å². The van der Waals surface area contributed by atoms with Gasteiger partial charge >= 0.3 is 0 Å². The molecule has 0 aromatic heterocycles. The fourth-order valence-corrected chi connectivity index (χ4v) is 9.78. The summed E-state index contributed by atoms with van der Waals surface area (Å²) in [4.78, 5) is 4.61. The summed E-state index contributed by atoms with van der Waals surface area (Å²) in [6.07, 6.45) is 0. The van der Waals surface area contributed by atoms with E-state index < -0.39 is 5.60 Å². The highest BCUT2D eigenvalue weighted by Crippen LogP contribution is 2.56. The van der Waals surface area contributed by atoms with Crippen molar-refractivity contribution in [2.45, 2.75) is 24.9 Å². The van der Waals surface area contributed by atoms with E-state index in [2.05, 4.69) is 254 Å². The van der Waals surface area contributed by atoms with Crippen LogP contribution in [0.15, 0.2) is 231 Å². The lowest BCUT2D eigenvalue weighted by Gasteiger charge is -2.42. The smallest absolute Gasteiger partial charge is 0.185 e. The lowest BCUT2D eigenvalue weighted by Crippen LogP contribution is -2.39. The number of hydrogen-bond acceptors (Lipinski definition) is 3. The zero-order valence-corrected chi connectivity index (χ0v) is 34.2. The van der Waals surface area contributed by atoms with Crippen LogP contribution in [0.25, 0.3) is 22.3 Å². The first-order chi connectivity index (χ1) is 30.0. The summed E-state index contributed by atoms with van der Waals surface area (Å²) >= 11 is 0. The van der Waals surface area contributed by atoms with E-state index in [0.717, 1.165) is 67.7 Å². The van der Waals surface area contributed by atoms with Crippen molar-refractivity contribution in [3.05, 3.63) is 258 Å². The summed E-state index contributed by atoms with van der Waals surface area (Å²) in [5.74, 6) is 0.827. The molecule has 1 atom stereocenters. The second kappa shape index (κ2) is 14.6. The van der Waals surface area contributed by atoms with Crippen LogP contribution in [0.5, 0.6) is 5.75 Å². The maximum absolute atomic E-state index is 7.81. The van der Waals surface area contributed by atoms with E-state index in [1.807, 2.05) is 0 Å². The van der Waals surface area contributed by atoms with Gasteiger partial charge in [0.1, 0.15) is 5.75 Å². The minimum Gasteiger partial charge on any atom is -0.472 e. The number of benzene rings is 9. The van der Waals surface area contributed by atoms with E-state index in [1.54, 1.807) is 0 Å². The molecule has 11 rings (SSSR count). The van der Waals surface area contributed by atoms with Gasteiger partial charge < -0.3 is 14.5 Å². The molecule has 0 fully saturated rings. The lowest BCUT2D eigenvalue weighted by atomic mass is 9.74. The molecule has 2 aliphatic rings. The van der Waals surface area contributed by atoms with Crippen LogP contribution in [-0.2, 0) is 11.0 Å². The second-order valence-corrected chi connectivity index (χ2v) is 16.5. The van der Waals surface area contributed by atoms with Crippen LogP contribution in [0, 0.1) is 0 Å². The quantitative estimate of drug-likeness (QED) is 0.153. The van der Waals surface area contributed by atoms with Crippen LogP contribution in [-0.4, -0.2) is 0 Å². The van der Waals surface area contributed by atoms with Crippen LogP contribution in [0.3, 0.4) is 0 Å². The lowest BCUT2D eigenvalue weighted by molar-refractivity contribution is 0.152. The highest BCUT2D eigenvalue weighted by molar-refractivity contribution is 5.87. The number of fused-ring (bicyclic) bond motifs is 6. The predicted octanol–water partition coefficient (Wildman–Crippen LogP) is 15.3. The zero-order chi connectivity index (χ0) is 41.0. The van der Waals surface area contributed by atoms with Gasteiger partial charge in [0.2, 0.25) is 0 Å². The van der Waals surface area contributed by atoms with Gasteiger partial charge in [-0.3, -0.25) is 0 Å². The van der Waals surface area contributed by atoms with Crippen molar-refractivity contribution in [1.82, 2.24) is 0 Å². The van der Waals surface area contributed by atoms with Crippen LogP contribution < -0.4 is 14.5 Å². The molecule has 292 valence electrons. The number of nitrogens with zero attached hydrogens (tertiary/aromatic N) is 2. The highest BCUT2D eigenvalue weighted by atomic mass is 16.5. The monoisotopic (exact) mass is 784 g/mol. The first kappa shape index (κ1) is 36.5. The number of anilines is 6. The van der Waals surface area contributed by atoms with Gasteiger partial charge in [-0.05, 0) is 107 Å². The number of hydrogen-bond donors (Lipinski definition) is 0. The Labute approximate surface area is 358 Å². The van der Waals surface area contributed by atoms with E-state index in [-0.39, 0.29) is 5.41 Å². The first-order valence-corrected chi connectivity index (χ1v) is 21.1. The van der Waals surface area contributed by atoms with E-state index >= 15 is 0 Å². The molecule has 0 spiro atoms. The van der Waals surface area contributed by atoms with Gasteiger partial charge in [-0.15, -0.1) is 0 Å². The molecular weight excluding hydrogens is 741 g/mol. The van der Waals surface area contributed by atoms with Crippen molar-refractivity contribution in [3.63, 3.8) is 0 Å². The molecule has 61 heavy (non-hydrogen) atoms. The Morgan fingerprint density at radius 2 is 0.721 bits per heavy atom. The third-order valence-corrected chi connectivity index (χ3v) is 12.7. The Hall–Kier alpha value is -7.62. The normalized spacial score (nSPS) is 15.4. The molecule has 9 aromatic carbocycles. The molecule has 3 nitrogen and oxygen atoms in total. The molecule has 0 radical (unpaired) electrons. The molecule has 0 N–H and O–H groups in total. The third kappa shape index (κ3) is 5.96. The van der Waals surface area contributed by atoms with Gasteiger partial charge in [0, 0.05) is 67.9 Å². The molecule has 0 amide bonds. The SMILES string of the molecule is CC1(C)c2ccccc2-c2cc(C3(c4ccc(N(c5ccccc5)c5ccccc5)cc4)Oc4cc(N(c5ccccc5)c5ccccc5)ccc4-c4ccccc43)ccc21. The Morgan fingerprint density at radius 1 is 0.311 bits per heavy atom. The molecule has 0 bridgehead atoms. The topological polar surface area (TPSA) is 15.7 Å². The molecule has 0 saturated carbocycles. The second-order valence-electron chi connectivity index (χ2n) is 16.5. The number of ether oxygens (including phenoxy) is 1. The standard InChI is InChI=1S/C58H44N2O/c1-57(2)53-29-17-15-28-50(53)52-39-42(33-38-54(52)57)58(41-31-34-47(35-32-41)59(43-19-7-3-8-20-43)44-21-9-4-10-22-44)55-30-18-16-27-49(55)51-37-36-48(40-56(51)61-58)60(45-23-11-5-12-24-45)46-25-13-6-14-26-46/h3-40H,1-2H3. The predicted molar refractivity (Wildman–Crippen MR) is 252 cm³/mol. The van der Waals surface area contributed by atoms with Gasteiger partial charge in [0.05, 0.1) is 0 Å². The van der Waals surface area contributed by atoms with Crippen molar-refractivity contribution in [1.29, 1.82) is 0 Å². The average Bonchev–Trinajstić information content (AvgIpc) is 3.55. The van der Waals surface area contributed by atoms with Crippen molar-refractivity contribution in [2.75, 3.05) is 9.80 Å². The minimum atomic E-state index is -0.994.